The quantitative estimate of drug-likeness (QED) is 0.400. The van der Waals surface area contributed by atoms with Gasteiger partial charge in [-0.25, -0.2) is 0 Å². The van der Waals surface area contributed by atoms with Crippen LogP contribution in [0.1, 0.15) is 48.5 Å². The smallest absolute Gasteiger partial charge is 0.222 e. The highest BCUT2D eigenvalue weighted by atomic mass is 16.6. The number of nitrogens with zero attached hydrogens (tertiary/aromatic N) is 1. The maximum Gasteiger partial charge on any atom is 0.222 e. The van der Waals surface area contributed by atoms with Crippen molar-refractivity contribution in [1.29, 1.82) is 0 Å². The average molecular weight is 325 g/mol. The van der Waals surface area contributed by atoms with Crippen molar-refractivity contribution < 1.29 is 9.72 Å². The summed E-state index contributed by atoms with van der Waals surface area (Å²) in [6, 6.07) is 17.6. The van der Waals surface area contributed by atoms with Gasteiger partial charge < -0.3 is 0 Å². The lowest BCUT2D eigenvalue weighted by molar-refractivity contribution is -0.536. The van der Waals surface area contributed by atoms with E-state index in [0.717, 1.165) is 5.56 Å². The number of hydrogen-bond acceptors (Lipinski definition) is 3. The molecule has 0 aliphatic carbocycles. The summed E-state index contributed by atoms with van der Waals surface area (Å²) in [5.74, 6) is -0.586. The minimum Gasteiger partial charge on any atom is -0.294 e. The van der Waals surface area contributed by atoms with Crippen molar-refractivity contribution in [1.82, 2.24) is 0 Å². The van der Waals surface area contributed by atoms with Gasteiger partial charge in [-0.3, -0.25) is 14.9 Å². The molecule has 0 fully saturated rings. The Morgan fingerprint density at radius 3 is 2.08 bits per heavy atom. The van der Waals surface area contributed by atoms with Crippen LogP contribution < -0.4 is 0 Å². The summed E-state index contributed by atoms with van der Waals surface area (Å²) in [5, 5.41) is 11.7. The maximum absolute atomic E-state index is 12.6. The maximum atomic E-state index is 12.6. The minimum atomic E-state index is -0.773. The van der Waals surface area contributed by atoms with Crippen LogP contribution in [0.15, 0.2) is 60.7 Å². The van der Waals surface area contributed by atoms with Gasteiger partial charge in [0.2, 0.25) is 6.04 Å². The normalized spacial score (nSPS) is 14.6. The molecule has 0 N–H and O–H groups in total. The fourth-order valence-electron chi connectivity index (χ4n) is 3.07. The zero-order chi connectivity index (χ0) is 17.5. The topological polar surface area (TPSA) is 60.2 Å². The number of ketones is 1. The van der Waals surface area contributed by atoms with Crippen LogP contribution in [-0.4, -0.2) is 16.7 Å². The van der Waals surface area contributed by atoms with E-state index >= 15 is 0 Å². The van der Waals surface area contributed by atoms with E-state index in [2.05, 4.69) is 0 Å². The Kier molecular flexibility index (Phi) is 6.24. The van der Waals surface area contributed by atoms with Gasteiger partial charge in [-0.1, -0.05) is 74.5 Å². The molecular weight excluding hydrogens is 302 g/mol. The van der Waals surface area contributed by atoms with Gasteiger partial charge in [-0.2, -0.15) is 0 Å². The number of nitro groups is 1. The number of benzene rings is 2. The lowest BCUT2D eigenvalue weighted by atomic mass is 9.80. The molecule has 0 aliphatic rings. The summed E-state index contributed by atoms with van der Waals surface area (Å²) >= 11 is 0. The first-order valence-corrected chi connectivity index (χ1v) is 8.31. The summed E-state index contributed by atoms with van der Waals surface area (Å²) in [6.07, 6.45) is 0.846. The van der Waals surface area contributed by atoms with Gasteiger partial charge >= 0.3 is 0 Å². The highest BCUT2D eigenvalue weighted by Crippen LogP contribution is 2.32. The van der Waals surface area contributed by atoms with Crippen molar-refractivity contribution in [3.63, 3.8) is 0 Å². The minimum absolute atomic E-state index is 0.0559. The van der Waals surface area contributed by atoms with E-state index in [0.29, 0.717) is 12.0 Å². The summed E-state index contributed by atoms with van der Waals surface area (Å²) in [7, 11) is 0. The molecule has 0 spiro atoms. The molecule has 1 unspecified atom stereocenters. The molecule has 0 aliphatic heterocycles. The molecule has 24 heavy (non-hydrogen) atoms. The van der Waals surface area contributed by atoms with E-state index in [4.69, 9.17) is 0 Å². The molecule has 2 aromatic rings. The van der Waals surface area contributed by atoms with Gasteiger partial charge in [0.05, 0.1) is 5.92 Å². The predicted octanol–water partition coefficient (Wildman–Crippen LogP) is 4.73. The number of Topliss-reactive ketones (excluding diaryl/α,β-unsaturated/α-hetero) is 1. The molecule has 0 saturated carbocycles. The molecule has 126 valence electrons. The molecule has 0 aromatic heterocycles. The molecule has 2 aromatic carbocycles. The number of carbonyl (C=O) groups excluding carboxylic acids is 1. The van der Waals surface area contributed by atoms with E-state index in [1.54, 1.807) is 12.1 Å². The van der Waals surface area contributed by atoms with Crippen LogP contribution in [-0.2, 0) is 0 Å². The van der Waals surface area contributed by atoms with Crippen molar-refractivity contribution in [2.45, 2.75) is 38.6 Å². The molecule has 2 rings (SSSR count). The van der Waals surface area contributed by atoms with Crippen LogP contribution >= 0.6 is 0 Å². The zero-order valence-corrected chi connectivity index (χ0v) is 14.1. The van der Waals surface area contributed by atoms with Crippen LogP contribution in [0.25, 0.3) is 0 Å². The standard InChI is InChI=1S/C20H23NO3/c1-3-15(2)20(21(23)24)18(16-10-6-4-7-11-16)14-19(22)17-12-8-5-9-13-17/h4-13,15,18,20H,3,14H2,1-2H3/t15?,18-,20+/m1/s1. The fourth-order valence-corrected chi connectivity index (χ4v) is 3.07. The summed E-state index contributed by atoms with van der Waals surface area (Å²) < 4.78 is 0. The van der Waals surface area contributed by atoms with Crippen molar-refractivity contribution in [3.8, 4) is 0 Å². The molecular formula is C20H23NO3. The van der Waals surface area contributed by atoms with Gasteiger partial charge in [-0.05, 0) is 12.0 Å². The van der Waals surface area contributed by atoms with E-state index in [9.17, 15) is 14.9 Å². The summed E-state index contributed by atoms with van der Waals surface area (Å²) in [4.78, 5) is 24.2. The highest BCUT2D eigenvalue weighted by molar-refractivity contribution is 5.96. The third kappa shape index (κ3) is 4.28. The Labute approximate surface area is 142 Å². The van der Waals surface area contributed by atoms with Crippen LogP contribution in [0.2, 0.25) is 0 Å². The van der Waals surface area contributed by atoms with Gasteiger partial charge in [0.15, 0.2) is 5.78 Å². The molecule has 0 heterocycles. The van der Waals surface area contributed by atoms with Crippen LogP contribution in [0.5, 0.6) is 0 Å². The summed E-state index contributed by atoms with van der Waals surface area (Å²) in [6.45, 7) is 3.83. The molecule has 3 atom stereocenters. The SMILES string of the molecule is CCC(C)[C@@H]([C@H](CC(=O)c1ccccc1)c1ccccc1)[N+](=O)[O-]. The Hall–Kier alpha value is -2.49. The van der Waals surface area contributed by atoms with E-state index in [1.807, 2.05) is 62.4 Å². The van der Waals surface area contributed by atoms with E-state index < -0.39 is 12.0 Å². The predicted molar refractivity (Wildman–Crippen MR) is 94.8 cm³/mol. The number of rotatable bonds is 8. The van der Waals surface area contributed by atoms with Crippen molar-refractivity contribution in [3.05, 3.63) is 81.9 Å². The first kappa shape index (κ1) is 17.9. The second-order valence-corrected chi connectivity index (χ2v) is 6.17. The van der Waals surface area contributed by atoms with Gasteiger partial charge in [0, 0.05) is 22.8 Å². The van der Waals surface area contributed by atoms with Gasteiger partial charge in [0.25, 0.3) is 0 Å². The summed E-state index contributed by atoms with van der Waals surface area (Å²) in [5.41, 5.74) is 1.45. The average Bonchev–Trinajstić information content (AvgIpc) is 2.62. The second-order valence-electron chi connectivity index (χ2n) is 6.17. The first-order chi connectivity index (χ1) is 11.5. The van der Waals surface area contributed by atoms with Crippen LogP contribution in [0.4, 0.5) is 0 Å². The lowest BCUT2D eigenvalue weighted by Crippen LogP contribution is -2.35. The van der Waals surface area contributed by atoms with Crippen LogP contribution in [0.3, 0.4) is 0 Å². The molecule has 4 nitrogen and oxygen atoms in total. The van der Waals surface area contributed by atoms with Gasteiger partial charge in [0.1, 0.15) is 0 Å². The molecule has 0 bridgehead atoms. The molecule has 0 amide bonds. The van der Waals surface area contributed by atoms with Crippen LogP contribution in [0, 0.1) is 16.0 Å². The lowest BCUT2D eigenvalue weighted by Gasteiger charge is -2.25. The first-order valence-electron chi connectivity index (χ1n) is 8.31. The Bertz CT molecular complexity index is 670. The third-order valence-electron chi connectivity index (χ3n) is 4.61. The monoisotopic (exact) mass is 325 g/mol. The zero-order valence-electron chi connectivity index (χ0n) is 14.1. The van der Waals surface area contributed by atoms with E-state index in [1.165, 1.54) is 0 Å². The van der Waals surface area contributed by atoms with Crippen molar-refractivity contribution >= 4 is 5.78 Å². The molecule has 0 saturated heterocycles. The Morgan fingerprint density at radius 2 is 1.58 bits per heavy atom. The molecule has 0 radical (unpaired) electrons. The number of hydrogen-bond donors (Lipinski definition) is 0. The largest absolute Gasteiger partial charge is 0.294 e. The van der Waals surface area contributed by atoms with Crippen molar-refractivity contribution in [2.75, 3.05) is 0 Å². The molecule has 4 heteroatoms. The Balaban J connectivity index is 2.36. The fraction of sp³-hybridized carbons (Fsp3) is 0.350. The highest BCUT2D eigenvalue weighted by Gasteiger charge is 2.38. The Morgan fingerprint density at radius 1 is 1.04 bits per heavy atom. The van der Waals surface area contributed by atoms with Crippen molar-refractivity contribution in [2.24, 2.45) is 5.92 Å². The third-order valence-corrected chi connectivity index (χ3v) is 4.61. The van der Waals surface area contributed by atoms with E-state index in [-0.39, 0.29) is 23.0 Å². The number of carbonyl (C=O) groups is 1. The second kappa shape index (κ2) is 8.39. The van der Waals surface area contributed by atoms with Gasteiger partial charge in [-0.15, -0.1) is 0 Å².